The van der Waals surface area contributed by atoms with Crippen molar-refractivity contribution in [2.75, 3.05) is 13.2 Å². The highest BCUT2D eigenvalue weighted by Gasteiger charge is 2.24. The Bertz CT molecular complexity index is 659. The molecule has 0 saturated carbocycles. The Kier molecular flexibility index (Phi) is 7.15. The molecule has 142 valence electrons. The van der Waals surface area contributed by atoms with Crippen molar-refractivity contribution < 1.29 is 24.2 Å². The molecule has 1 aromatic carbocycles. The minimum absolute atomic E-state index is 0.124. The monoisotopic (exact) mass is 362 g/mol. The quantitative estimate of drug-likeness (QED) is 0.649. The van der Waals surface area contributed by atoms with Gasteiger partial charge < -0.3 is 20.5 Å². The van der Waals surface area contributed by atoms with E-state index in [1.165, 1.54) is 5.56 Å². The lowest BCUT2D eigenvalue weighted by atomic mass is 9.95. The van der Waals surface area contributed by atoms with E-state index in [0.29, 0.717) is 13.0 Å². The molecule has 0 aromatic heterocycles. The molecule has 0 bridgehead atoms. The summed E-state index contributed by atoms with van der Waals surface area (Å²) in [7, 11) is 0. The molecule has 2 amide bonds. The fraction of sp³-hybridized carbons (Fsp3) is 0.526. The number of rotatable bonds is 8. The van der Waals surface area contributed by atoms with Crippen LogP contribution in [0.3, 0.4) is 0 Å². The van der Waals surface area contributed by atoms with Gasteiger partial charge in [-0.05, 0) is 29.9 Å². The molecule has 0 spiro atoms. The maximum Gasteiger partial charge on any atom is 0.326 e. The minimum Gasteiger partial charge on any atom is -0.480 e. The van der Waals surface area contributed by atoms with E-state index in [0.717, 1.165) is 12.0 Å². The van der Waals surface area contributed by atoms with Gasteiger partial charge in [-0.3, -0.25) is 9.59 Å². The second-order valence-corrected chi connectivity index (χ2v) is 6.88. The molecule has 1 heterocycles. The van der Waals surface area contributed by atoms with Gasteiger partial charge in [-0.1, -0.05) is 38.1 Å². The number of hydrogen-bond donors (Lipinski definition) is 3. The molecule has 2 atom stereocenters. The first kappa shape index (κ1) is 19.9. The van der Waals surface area contributed by atoms with Crippen LogP contribution in [0.5, 0.6) is 0 Å². The first-order valence-electron chi connectivity index (χ1n) is 8.85. The van der Waals surface area contributed by atoms with E-state index in [4.69, 9.17) is 9.84 Å². The number of benzene rings is 1. The molecule has 26 heavy (non-hydrogen) atoms. The number of amides is 2. The van der Waals surface area contributed by atoms with Gasteiger partial charge in [0.05, 0.1) is 25.7 Å². The molecular formula is C19H26N2O5. The highest BCUT2D eigenvalue weighted by molar-refractivity contribution is 5.88. The maximum atomic E-state index is 12.1. The average Bonchev–Trinajstić information content (AvgIpc) is 2.59. The third-order valence-corrected chi connectivity index (χ3v) is 4.25. The molecule has 0 fully saturated rings. The second kappa shape index (κ2) is 9.33. The number of fused-ring (bicyclic) bond motifs is 1. The van der Waals surface area contributed by atoms with Crippen LogP contribution in [-0.4, -0.2) is 42.1 Å². The van der Waals surface area contributed by atoms with Crippen molar-refractivity contribution in [2.45, 2.75) is 45.3 Å². The highest BCUT2D eigenvalue weighted by Crippen LogP contribution is 2.29. The molecule has 7 heteroatoms. The normalized spacial score (nSPS) is 17.3. The Balaban J connectivity index is 1.82. The van der Waals surface area contributed by atoms with Crippen molar-refractivity contribution in [1.82, 2.24) is 10.6 Å². The number of carboxylic acids is 1. The summed E-state index contributed by atoms with van der Waals surface area (Å²) in [5.41, 5.74) is 2.17. The number of hydrogen-bond acceptors (Lipinski definition) is 4. The summed E-state index contributed by atoms with van der Waals surface area (Å²) in [6.45, 7) is 4.07. The summed E-state index contributed by atoms with van der Waals surface area (Å²) in [5.74, 6) is -1.77. The standard InChI is InChI=1S/C19H26N2O5/c1-12(2)9-15(19(24)25)21-18(23)11-20-17(22)10-16-14-6-4-3-5-13(14)7-8-26-16/h3-6,12,15-16H,7-11H2,1-2H3,(H,20,22)(H,21,23)(H,24,25)/t15-,16?/m0/s1. The van der Waals surface area contributed by atoms with Crippen LogP contribution >= 0.6 is 0 Å². The highest BCUT2D eigenvalue weighted by atomic mass is 16.5. The van der Waals surface area contributed by atoms with Gasteiger partial charge in [0.2, 0.25) is 11.8 Å². The Labute approximate surface area is 153 Å². The number of carbonyl (C=O) groups is 3. The fourth-order valence-electron chi connectivity index (χ4n) is 3.00. The van der Waals surface area contributed by atoms with E-state index in [9.17, 15) is 14.4 Å². The molecule has 1 aliphatic rings. The lowest BCUT2D eigenvalue weighted by molar-refractivity contribution is -0.142. The lowest BCUT2D eigenvalue weighted by Crippen LogP contribution is -2.46. The van der Waals surface area contributed by atoms with E-state index in [1.807, 2.05) is 38.1 Å². The van der Waals surface area contributed by atoms with Gasteiger partial charge in [0.25, 0.3) is 0 Å². The van der Waals surface area contributed by atoms with Gasteiger partial charge in [-0.15, -0.1) is 0 Å². The summed E-state index contributed by atoms with van der Waals surface area (Å²) in [4.78, 5) is 35.2. The van der Waals surface area contributed by atoms with Gasteiger partial charge >= 0.3 is 5.97 Å². The summed E-state index contributed by atoms with van der Waals surface area (Å²) in [5, 5.41) is 14.1. The van der Waals surface area contributed by atoms with Gasteiger partial charge in [0, 0.05) is 0 Å². The lowest BCUT2D eigenvalue weighted by Gasteiger charge is -2.25. The molecule has 0 radical (unpaired) electrons. The van der Waals surface area contributed by atoms with Gasteiger partial charge in [-0.2, -0.15) is 0 Å². The Morgan fingerprint density at radius 1 is 1.23 bits per heavy atom. The molecule has 1 unspecified atom stereocenters. The average molecular weight is 362 g/mol. The topological polar surface area (TPSA) is 105 Å². The molecule has 2 rings (SSSR count). The summed E-state index contributed by atoms with van der Waals surface area (Å²) >= 11 is 0. The molecule has 1 aromatic rings. The van der Waals surface area contributed by atoms with Crippen LogP contribution in [0.1, 0.15) is 43.9 Å². The first-order chi connectivity index (χ1) is 12.4. The van der Waals surface area contributed by atoms with Crippen molar-refractivity contribution in [3.05, 3.63) is 35.4 Å². The number of carbonyl (C=O) groups excluding carboxylic acids is 2. The molecule has 7 nitrogen and oxygen atoms in total. The van der Waals surface area contributed by atoms with Crippen molar-refractivity contribution in [3.8, 4) is 0 Å². The third kappa shape index (κ3) is 5.84. The summed E-state index contributed by atoms with van der Waals surface area (Å²) < 4.78 is 5.68. The third-order valence-electron chi connectivity index (χ3n) is 4.25. The zero-order chi connectivity index (χ0) is 19.1. The van der Waals surface area contributed by atoms with Crippen LogP contribution in [0.2, 0.25) is 0 Å². The minimum atomic E-state index is -1.08. The van der Waals surface area contributed by atoms with Gasteiger partial charge in [0.15, 0.2) is 0 Å². The van der Waals surface area contributed by atoms with Crippen LogP contribution in [-0.2, 0) is 25.5 Å². The van der Waals surface area contributed by atoms with E-state index >= 15 is 0 Å². The van der Waals surface area contributed by atoms with E-state index < -0.39 is 17.9 Å². The molecule has 3 N–H and O–H groups in total. The first-order valence-corrected chi connectivity index (χ1v) is 8.85. The van der Waals surface area contributed by atoms with Crippen LogP contribution in [0.15, 0.2) is 24.3 Å². The summed E-state index contributed by atoms with van der Waals surface area (Å²) in [6.07, 6.45) is 0.958. The van der Waals surface area contributed by atoms with E-state index in [1.54, 1.807) is 0 Å². The number of nitrogens with one attached hydrogen (secondary N) is 2. The predicted octanol–water partition coefficient (Wildman–Crippen LogP) is 1.42. The number of carboxylic acid groups (broad SMARTS) is 1. The Morgan fingerprint density at radius 2 is 1.96 bits per heavy atom. The number of aliphatic carboxylic acids is 1. The maximum absolute atomic E-state index is 12.1. The SMILES string of the molecule is CC(C)C[C@H](NC(=O)CNC(=O)CC1OCCc2ccccc21)C(=O)O. The van der Waals surface area contributed by atoms with E-state index in [-0.39, 0.29) is 30.9 Å². The fourth-order valence-corrected chi connectivity index (χ4v) is 3.00. The molecule has 1 aliphatic heterocycles. The number of ether oxygens (including phenoxy) is 1. The van der Waals surface area contributed by atoms with Crippen molar-refractivity contribution in [2.24, 2.45) is 5.92 Å². The van der Waals surface area contributed by atoms with Crippen LogP contribution in [0.4, 0.5) is 0 Å². The molecular weight excluding hydrogens is 336 g/mol. The van der Waals surface area contributed by atoms with Gasteiger partial charge in [-0.25, -0.2) is 4.79 Å². The van der Waals surface area contributed by atoms with Crippen molar-refractivity contribution in [1.29, 1.82) is 0 Å². The Hall–Kier alpha value is -2.41. The van der Waals surface area contributed by atoms with Gasteiger partial charge in [0.1, 0.15) is 6.04 Å². The van der Waals surface area contributed by atoms with Crippen molar-refractivity contribution >= 4 is 17.8 Å². The zero-order valence-electron chi connectivity index (χ0n) is 15.2. The smallest absolute Gasteiger partial charge is 0.326 e. The molecule has 0 saturated heterocycles. The van der Waals surface area contributed by atoms with E-state index in [2.05, 4.69) is 10.6 Å². The van der Waals surface area contributed by atoms with Crippen LogP contribution in [0.25, 0.3) is 0 Å². The zero-order valence-corrected chi connectivity index (χ0v) is 15.2. The largest absolute Gasteiger partial charge is 0.480 e. The van der Waals surface area contributed by atoms with Crippen molar-refractivity contribution in [3.63, 3.8) is 0 Å². The van der Waals surface area contributed by atoms with Crippen LogP contribution in [0, 0.1) is 5.92 Å². The molecule has 0 aliphatic carbocycles. The summed E-state index contributed by atoms with van der Waals surface area (Å²) in [6, 6.07) is 6.89. The Morgan fingerprint density at radius 3 is 2.65 bits per heavy atom. The predicted molar refractivity (Wildman–Crippen MR) is 95.5 cm³/mol. The van der Waals surface area contributed by atoms with Crippen LogP contribution < -0.4 is 10.6 Å². The second-order valence-electron chi connectivity index (χ2n) is 6.88.